The largest absolute Gasteiger partial charge is 0.481 e. The van der Waals surface area contributed by atoms with Crippen LogP contribution in [0.25, 0.3) is 11.1 Å². The van der Waals surface area contributed by atoms with Crippen LogP contribution in [0.1, 0.15) is 62.5 Å². The molecule has 2 aliphatic rings. The fourth-order valence-corrected chi connectivity index (χ4v) is 4.69. The quantitative estimate of drug-likeness (QED) is 0.456. The normalized spacial score (nSPS) is 16.1. The van der Waals surface area contributed by atoms with Crippen molar-refractivity contribution in [3.63, 3.8) is 0 Å². The number of nitrogens with one attached hydrogen (secondary N) is 2. The molecule has 7 heteroatoms. The fraction of sp³-hybridized carbons (Fsp3) is 0.444. The number of benzene rings is 2. The van der Waals surface area contributed by atoms with Gasteiger partial charge in [-0.1, -0.05) is 55.5 Å². The van der Waals surface area contributed by atoms with Crippen molar-refractivity contribution in [1.29, 1.82) is 0 Å². The Labute approximate surface area is 199 Å². The van der Waals surface area contributed by atoms with E-state index in [2.05, 4.69) is 34.9 Å². The van der Waals surface area contributed by atoms with Crippen molar-refractivity contribution in [3.8, 4) is 11.1 Å². The van der Waals surface area contributed by atoms with Gasteiger partial charge in [0.2, 0.25) is 5.91 Å². The number of carbonyl (C=O) groups excluding carboxylic acids is 2. The van der Waals surface area contributed by atoms with Crippen LogP contribution in [-0.4, -0.2) is 41.8 Å². The van der Waals surface area contributed by atoms with E-state index in [9.17, 15) is 14.4 Å². The molecular formula is C27H32N2O5. The highest BCUT2D eigenvalue weighted by molar-refractivity contribution is 5.80. The molecule has 34 heavy (non-hydrogen) atoms. The third-order valence-corrected chi connectivity index (χ3v) is 6.87. The molecule has 2 amide bonds. The van der Waals surface area contributed by atoms with Crippen molar-refractivity contribution in [3.05, 3.63) is 59.7 Å². The summed E-state index contributed by atoms with van der Waals surface area (Å²) in [5, 5.41) is 14.6. The maximum absolute atomic E-state index is 12.6. The highest BCUT2D eigenvalue weighted by atomic mass is 16.5. The third-order valence-electron chi connectivity index (χ3n) is 6.87. The second-order valence-electron chi connectivity index (χ2n) is 9.58. The summed E-state index contributed by atoms with van der Waals surface area (Å²) >= 11 is 0. The lowest BCUT2D eigenvalue weighted by molar-refractivity contribution is -0.137. The van der Waals surface area contributed by atoms with Gasteiger partial charge in [0.1, 0.15) is 6.61 Å². The van der Waals surface area contributed by atoms with E-state index in [1.807, 2.05) is 31.2 Å². The molecule has 2 aromatic carbocycles. The summed E-state index contributed by atoms with van der Waals surface area (Å²) in [5.74, 6) is -0.683. The van der Waals surface area contributed by atoms with E-state index in [1.54, 1.807) is 0 Å². The molecule has 2 aliphatic carbocycles. The van der Waals surface area contributed by atoms with E-state index in [0.717, 1.165) is 30.4 Å². The van der Waals surface area contributed by atoms with Crippen LogP contribution in [0.3, 0.4) is 0 Å². The first-order valence-electron chi connectivity index (χ1n) is 12.0. The minimum absolute atomic E-state index is 0.000261. The topological polar surface area (TPSA) is 105 Å². The van der Waals surface area contributed by atoms with Crippen LogP contribution in [-0.2, 0) is 14.3 Å². The standard InChI is InChI=1S/C27H32N2O5/c1-18(10-11-25(31)32)12-15-28-24(30)16-27(13-14-27)29-26(33)34-17-23-21-8-4-2-6-19(21)20-7-3-5-9-22(20)23/h2-9,18,23H,10-17H2,1H3,(H,28,30)(H,29,33)(H,31,32). The maximum atomic E-state index is 12.6. The molecular weight excluding hydrogens is 432 g/mol. The summed E-state index contributed by atoms with van der Waals surface area (Å²) in [4.78, 5) is 35.6. The molecule has 0 bridgehead atoms. The van der Waals surface area contributed by atoms with Gasteiger partial charge < -0.3 is 20.5 Å². The van der Waals surface area contributed by atoms with Crippen molar-refractivity contribution in [2.24, 2.45) is 5.92 Å². The van der Waals surface area contributed by atoms with Crippen LogP contribution < -0.4 is 10.6 Å². The molecule has 4 rings (SSSR count). The minimum atomic E-state index is -0.800. The zero-order chi connectivity index (χ0) is 24.1. The Hall–Kier alpha value is -3.35. The van der Waals surface area contributed by atoms with Crippen LogP contribution in [0.4, 0.5) is 4.79 Å². The molecule has 3 N–H and O–H groups in total. The molecule has 1 saturated carbocycles. The Morgan fingerprint density at radius 3 is 2.24 bits per heavy atom. The molecule has 0 saturated heterocycles. The van der Waals surface area contributed by atoms with Crippen molar-refractivity contribution >= 4 is 18.0 Å². The Morgan fingerprint density at radius 1 is 1.03 bits per heavy atom. The Balaban J connectivity index is 1.23. The van der Waals surface area contributed by atoms with E-state index < -0.39 is 17.6 Å². The smallest absolute Gasteiger partial charge is 0.407 e. The van der Waals surface area contributed by atoms with Crippen molar-refractivity contribution in [1.82, 2.24) is 10.6 Å². The third kappa shape index (κ3) is 5.76. The lowest BCUT2D eigenvalue weighted by Crippen LogP contribution is -2.42. The van der Waals surface area contributed by atoms with Crippen molar-refractivity contribution in [2.75, 3.05) is 13.2 Å². The number of aliphatic carboxylic acids is 1. The Bertz CT molecular complexity index is 1020. The molecule has 0 radical (unpaired) electrons. The predicted octanol–water partition coefficient (Wildman–Crippen LogP) is 4.46. The average Bonchev–Trinajstić information content (AvgIpc) is 3.48. The average molecular weight is 465 g/mol. The number of hydrogen-bond acceptors (Lipinski definition) is 4. The Kier molecular flexibility index (Phi) is 7.20. The van der Waals surface area contributed by atoms with Gasteiger partial charge >= 0.3 is 12.1 Å². The number of alkyl carbamates (subject to hydrolysis) is 1. The highest BCUT2D eigenvalue weighted by Gasteiger charge is 2.46. The van der Waals surface area contributed by atoms with Gasteiger partial charge in [0, 0.05) is 25.3 Å². The van der Waals surface area contributed by atoms with Crippen LogP contribution in [0.15, 0.2) is 48.5 Å². The van der Waals surface area contributed by atoms with Gasteiger partial charge in [0.05, 0.1) is 5.54 Å². The highest BCUT2D eigenvalue weighted by Crippen LogP contribution is 2.44. The Morgan fingerprint density at radius 2 is 1.65 bits per heavy atom. The van der Waals surface area contributed by atoms with Gasteiger partial charge in [-0.05, 0) is 53.9 Å². The summed E-state index contributed by atoms with van der Waals surface area (Å²) in [6, 6.07) is 16.4. The number of hydrogen-bond donors (Lipinski definition) is 3. The van der Waals surface area contributed by atoms with Gasteiger partial charge in [-0.2, -0.15) is 0 Å². The maximum Gasteiger partial charge on any atom is 0.407 e. The van der Waals surface area contributed by atoms with Crippen LogP contribution >= 0.6 is 0 Å². The summed E-state index contributed by atoms with van der Waals surface area (Å²) in [6.07, 6.45) is 2.70. The zero-order valence-electron chi connectivity index (χ0n) is 19.5. The van der Waals surface area contributed by atoms with E-state index in [0.29, 0.717) is 13.0 Å². The van der Waals surface area contributed by atoms with Crippen LogP contribution in [0.5, 0.6) is 0 Å². The second-order valence-corrected chi connectivity index (χ2v) is 9.58. The molecule has 180 valence electrons. The first-order chi connectivity index (χ1) is 16.4. The number of ether oxygens (including phenoxy) is 1. The van der Waals surface area contributed by atoms with Crippen molar-refractivity contribution < 1.29 is 24.2 Å². The second kappa shape index (κ2) is 10.3. The van der Waals surface area contributed by atoms with Crippen LogP contribution in [0, 0.1) is 5.92 Å². The van der Waals surface area contributed by atoms with E-state index in [-0.39, 0.29) is 37.2 Å². The molecule has 7 nitrogen and oxygen atoms in total. The number of carbonyl (C=O) groups is 3. The number of fused-ring (bicyclic) bond motifs is 3. The van der Waals surface area contributed by atoms with Gasteiger partial charge in [0.25, 0.3) is 0 Å². The lowest BCUT2D eigenvalue weighted by Gasteiger charge is -2.19. The number of rotatable bonds is 11. The molecule has 0 heterocycles. The summed E-state index contributed by atoms with van der Waals surface area (Å²) < 4.78 is 5.63. The zero-order valence-corrected chi connectivity index (χ0v) is 19.5. The van der Waals surface area contributed by atoms with Gasteiger partial charge in [-0.25, -0.2) is 4.79 Å². The molecule has 2 aromatic rings. The molecule has 1 atom stereocenters. The molecule has 0 spiro atoms. The molecule has 1 fully saturated rings. The summed E-state index contributed by atoms with van der Waals surface area (Å²) in [5.41, 5.74) is 4.16. The first-order valence-corrected chi connectivity index (χ1v) is 12.0. The summed E-state index contributed by atoms with van der Waals surface area (Å²) in [7, 11) is 0. The van der Waals surface area contributed by atoms with Gasteiger partial charge in [0.15, 0.2) is 0 Å². The van der Waals surface area contributed by atoms with Crippen LogP contribution in [0.2, 0.25) is 0 Å². The summed E-state index contributed by atoms with van der Waals surface area (Å²) in [6.45, 7) is 2.73. The molecule has 0 aromatic heterocycles. The van der Waals surface area contributed by atoms with E-state index in [4.69, 9.17) is 9.84 Å². The van der Waals surface area contributed by atoms with E-state index in [1.165, 1.54) is 11.1 Å². The van der Waals surface area contributed by atoms with Crippen molar-refractivity contribution in [2.45, 2.75) is 56.9 Å². The molecule has 1 unspecified atom stereocenters. The fourth-order valence-electron chi connectivity index (χ4n) is 4.69. The number of carboxylic acid groups (broad SMARTS) is 1. The van der Waals surface area contributed by atoms with E-state index >= 15 is 0 Å². The minimum Gasteiger partial charge on any atom is -0.481 e. The van der Waals surface area contributed by atoms with Gasteiger partial charge in [-0.3, -0.25) is 9.59 Å². The predicted molar refractivity (Wildman–Crippen MR) is 128 cm³/mol. The lowest BCUT2D eigenvalue weighted by atomic mass is 9.98. The molecule has 0 aliphatic heterocycles. The monoisotopic (exact) mass is 464 g/mol. The number of carboxylic acids is 1. The first kappa shape index (κ1) is 23.8. The SMILES string of the molecule is CC(CCNC(=O)CC1(NC(=O)OCC2c3ccccc3-c3ccccc32)CC1)CCC(=O)O. The van der Waals surface area contributed by atoms with Gasteiger partial charge in [-0.15, -0.1) is 0 Å². The number of amides is 2.